The highest BCUT2D eigenvalue weighted by Crippen LogP contribution is 2.22. The number of cyclic esters (lactones) is 1. The Bertz CT molecular complexity index is 175. The molecule has 0 saturated carbocycles. The average molecular weight is 172 g/mol. The molecule has 3 heteroatoms. The van der Waals surface area contributed by atoms with Gasteiger partial charge in [0.05, 0.1) is 6.61 Å². The van der Waals surface area contributed by atoms with Crippen LogP contribution in [0.1, 0.15) is 19.8 Å². The van der Waals surface area contributed by atoms with Crippen molar-refractivity contribution in [2.75, 3.05) is 12.4 Å². The molecule has 0 saturated heterocycles. The highest BCUT2D eigenvalue weighted by molar-refractivity contribution is 8.03. The summed E-state index contributed by atoms with van der Waals surface area (Å²) in [5.41, 5.74) is 0. The van der Waals surface area contributed by atoms with Crippen molar-refractivity contribution in [3.05, 3.63) is 11.0 Å². The maximum atomic E-state index is 10.7. The van der Waals surface area contributed by atoms with Crippen molar-refractivity contribution >= 4 is 17.7 Å². The molecule has 1 aliphatic rings. The lowest BCUT2D eigenvalue weighted by Gasteiger charge is -2.11. The van der Waals surface area contributed by atoms with E-state index in [2.05, 4.69) is 6.92 Å². The molecular weight excluding hydrogens is 160 g/mol. The van der Waals surface area contributed by atoms with Crippen LogP contribution >= 0.6 is 11.8 Å². The van der Waals surface area contributed by atoms with Gasteiger partial charge in [-0.3, -0.25) is 0 Å². The maximum absolute atomic E-state index is 10.7. The molecule has 0 radical (unpaired) electrons. The molecule has 1 heterocycles. The van der Waals surface area contributed by atoms with E-state index in [0.717, 1.165) is 18.6 Å². The zero-order chi connectivity index (χ0) is 8.10. The summed E-state index contributed by atoms with van der Waals surface area (Å²) in [7, 11) is 0. The monoisotopic (exact) mass is 172 g/mol. The first-order valence-corrected chi connectivity index (χ1v) is 4.81. The third kappa shape index (κ3) is 2.97. The number of hydrogen-bond acceptors (Lipinski definition) is 3. The fraction of sp³-hybridized carbons (Fsp3) is 0.625. The van der Waals surface area contributed by atoms with Crippen LogP contribution in [0.15, 0.2) is 11.0 Å². The number of hydrogen-bond donors (Lipinski definition) is 0. The Balaban J connectivity index is 2.37. The van der Waals surface area contributed by atoms with Crippen LogP contribution in [0.25, 0.3) is 0 Å². The molecule has 0 aromatic heterocycles. The molecule has 0 bridgehead atoms. The first-order valence-electron chi connectivity index (χ1n) is 3.83. The fourth-order valence-electron chi connectivity index (χ4n) is 0.844. The van der Waals surface area contributed by atoms with Crippen molar-refractivity contribution in [3.63, 3.8) is 0 Å². The molecule has 0 aromatic rings. The normalized spacial score (nSPS) is 17.5. The predicted molar refractivity (Wildman–Crippen MR) is 46.4 cm³/mol. The second-order valence-corrected chi connectivity index (χ2v) is 3.60. The molecule has 0 aromatic carbocycles. The van der Waals surface area contributed by atoms with Crippen LogP contribution in [0.2, 0.25) is 0 Å². The number of carbonyl (C=O) groups excluding carboxylic acids is 1. The molecule has 0 amide bonds. The lowest BCUT2D eigenvalue weighted by Crippen LogP contribution is -2.09. The van der Waals surface area contributed by atoms with E-state index in [1.54, 1.807) is 17.8 Å². The van der Waals surface area contributed by atoms with Crippen LogP contribution < -0.4 is 0 Å². The highest BCUT2D eigenvalue weighted by atomic mass is 32.2. The second kappa shape index (κ2) is 4.44. The molecular formula is C8H12O2S. The van der Waals surface area contributed by atoms with Gasteiger partial charge in [-0.25, -0.2) is 4.79 Å². The Hall–Kier alpha value is -0.440. The highest BCUT2D eigenvalue weighted by Gasteiger charge is 2.09. The van der Waals surface area contributed by atoms with Crippen molar-refractivity contribution in [2.24, 2.45) is 0 Å². The largest absolute Gasteiger partial charge is 0.462 e. The van der Waals surface area contributed by atoms with Gasteiger partial charge in [-0.15, -0.1) is 11.8 Å². The van der Waals surface area contributed by atoms with E-state index in [1.807, 2.05) is 0 Å². The maximum Gasteiger partial charge on any atom is 0.331 e. The topological polar surface area (TPSA) is 26.3 Å². The van der Waals surface area contributed by atoms with Gasteiger partial charge in [0.25, 0.3) is 0 Å². The van der Waals surface area contributed by atoms with Crippen LogP contribution in [-0.2, 0) is 9.53 Å². The van der Waals surface area contributed by atoms with Crippen LogP contribution in [0.5, 0.6) is 0 Å². The van der Waals surface area contributed by atoms with Gasteiger partial charge in [0.2, 0.25) is 0 Å². The van der Waals surface area contributed by atoms with E-state index in [4.69, 9.17) is 4.74 Å². The van der Waals surface area contributed by atoms with Crippen LogP contribution in [0.4, 0.5) is 0 Å². The van der Waals surface area contributed by atoms with Gasteiger partial charge < -0.3 is 4.74 Å². The van der Waals surface area contributed by atoms with E-state index in [-0.39, 0.29) is 5.97 Å². The third-order valence-corrected chi connectivity index (χ3v) is 2.67. The van der Waals surface area contributed by atoms with Crippen LogP contribution in [-0.4, -0.2) is 18.3 Å². The van der Waals surface area contributed by atoms with Crippen molar-refractivity contribution in [2.45, 2.75) is 19.8 Å². The minimum Gasteiger partial charge on any atom is -0.462 e. The molecule has 62 valence electrons. The second-order valence-electron chi connectivity index (χ2n) is 2.38. The summed E-state index contributed by atoms with van der Waals surface area (Å²) in [4.78, 5) is 11.9. The third-order valence-electron chi connectivity index (χ3n) is 1.36. The molecule has 0 aliphatic carbocycles. The van der Waals surface area contributed by atoms with Gasteiger partial charge >= 0.3 is 5.97 Å². The standard InChI is InChI=1S/C8H12O2S/c1-2-5-11-7-3-4-10-8(9)6-7/h6H,2-5H2,1H3. The lowest BCUT2D eigenvalue weighted by molar-refractivity contribution is -0.138. The molecule has 0 unspecified atom stereocenters. The van der Waals surface area contributed by atoms with Gasteiger partial charge in [0.15, 0.2) is 0 Å². The Morgan fingerprint density at radius 2 is 2.55 bits per heavy atom. The van der Waals surface area contributed by atoms with Crippen molar-refractivity contribution in [1.82, 2.24) is 0 Å². The number of thioether (sulfide) groups is 1. The first kappa shape index (κ1) is 8.65. The van der Waals surface area contributed by atoms with Crippen molar-refractivity contribution in [1.29, 1.82) is 0 Å². The van der Waals surface area contributed by atoms with Gasteiger partial charge in [0.1, 0.15) is 0 Å². The van der Waals surface area contributed by atoms with Crippen molar-refractivity contribution in [3.8, 4) is 0 Å². The number of ether oxygens (including phenoxy) is 1. The van der Waals surface area contributed by atoms with Crippen LogP contribution in [0, 0.1) is 0 Å². The SMILES string of the molecule is CCCSC1=CC(=O)OCC1. The Morgan fingerprint density at radius 1 is 1.73 bits per heavy atom. The molecule has 2 nitrogen and oxygen atoms in total. The molecule has 1 rings (SSSR count). The summed E-state index contributed by atoms with van der Waals surface area (Å²) in [5, 5.41) is 0. The smallest absolute Gasteiger partial charge is 0.331 e. The summed E-state index contributed by atoms with van der Waals surface area (Å²) in [6.45, 7) is 2.69. The Labute approximate surface area is 71.0 Å². The molecule has 0 atom stereocenters. The molecule has 0 N–H and O–H groups in total. The van der Waals surface area contributed by atoms with E-state index in [0.29, 0.717) is 6.61 Å². The lowest BCUT2D eigenvalue weighted by atomic mass is 10.3. The Kier molecular flexibility index (Phi) is 3.49. The van der Waals surface area contributed by atoms with E-state index >= 15 is 0 Å². The fourth-order valence-corrected chi connectivity index (χ4v) is 1.72. The molecule has 0 spiro atoms. The predicted octanol–water partition coefficient (Wildman–Crippen LogP) is 1.96. The average Bonchev–Trinajstić information content (AvgIpc) is 2.01. The number of carbonyl (C=O) groups is 1. The summed E-state index contributed by atoms with van der Waals surface area (Å²) in [6.07, 6.45) is 3.65. The van der Waals surface area contributed by atoms with E-state index < -0.39 is 0 Å². The van der Waals surface area contributed by atoms with Gasteiger partial charge in [0, 0.05) is 12.5 Å². The van der Waals surface area contributed by atoms with E-state index in [1.165, 1.54) is 4.91 Å². The summed E-state index contributed by atoms with van der Waals surface area (Å²) >= 11 is 1.76. The summed E-state index contributed by atoms with van der Waals surface area (Å²) in [5.74, 6) is 0.911. The first-order chi connectivity index (χ1) is 5.33. The number of rotatable bonds is 3. The van der Waals surface area contributed by atoms with Gasteiger partial charge in [-0.05, 0) is 17.1 Å². The number of esters is 1. The minimum atomic E-state index is -0.185. The van der Waals surface area contributed by atoms with Gasteiger partial charge in [-0.2, -0.15) is 0 Å². The summed E-state index contributed by atoms with van der Waals surface area (Å²) < 4.78 is 4.76. The summed E-state index contributed by atoms with van der Waals surface area (Å²) in [6, 6.07) is 0. The van der Waals surface area contributed by atoms with Crippen LogP contribution in [0.3, 0.4) is 0 Å². The molecule has 0 fully saturated rings. The minimum absolute atomic E-state index is 0.185. The Morgan fingerprint density at radius 3 is 3.18 bits per heavy atom. The zero-order valence-electron chi connectivity index (χ0n) is 6.63. The zero-order valence-corrected chi connectivity index (χ0v) is 7.45. The quantitative estimate of drug-likeness (QED) is 0.609. The van der Waals surface area contributed by atoms with Gasteiger partial charge in [-0.1, -0.05) is 6.92 Å². The molecule has 1 aliphatic heterocycles. The van der Waals surface area contributed by atoms with Crippen molar-refractivity contribution < 1.29 is 9.53 Å². The van der Waals surface area contributed by atoms with E-state index in [9.17, 15) is 4.79 Å². The molecule has 11 heavy (non-hydrogen) atoms.